The van der Waals surface area contributed by atoms with E-state index < -0.39 is 0 Å². The van der Waals surface area contributed by atoms with Crippen molar-refractivity contribution in [2.24, 2.45) is 0 Å². The van der Waals surface area contributed by atoms with Gasteiger partial charge in [-0.3, -0.25) is 0 Å². The molecule has 0 fully saturated rings. The highest BCUT2D eigenvalue weighted by atomic mass is 32.1. The smallest absolute Gasteiger partial charge is 0.178 e. The first kappa shape index (κ1) is 13.1. The molecule has 3 nitrogen and oxygen atoms in total. The molecule has 96 valence electrons. The van der Waals surface area contributed by atoms with Crippen LogP contribution < -0.4 is 0 Å². The quantitative estimate of drug-likeness (QED) is 0.853. The summed E-state index contributed by atoms with van der Waals surface area (Å²) in [7, 11) is 1.71. The van der Waals surface area contributed by atoms with E-state index in [4.69, 9.17) is 17.0 Å². The zero-order valence-electron chi connectivity index (χ0n) is 10.9. The summed E-state index contributed by atoms with van der Waals surface area (Å²) in [6.45, 7) is 4.85. The van der Waals surface area contributed by atoms with Gasteiger partial charge in [0.2, 0.25) is 0 Å². The van der Waals surface area contributed by atoms with Crippen molar-refractivity contribution in [1.29, 1.82) is 0 Å². The zero-order chi connectivity index (χ0) is 13.2. The molecular weight excluding hydrogens is 244 g/mol. The van der Waals surface area contributed by atoms with E-state index in [0.29, 0.717) is 6.61 Å². The minimum Gasteiger partial charge on any atom is -0.382 e. The molecule has 1 aromatic heterocycles. The molecule has 0 spiro atoms. The lowest BCUT2D eigenvalue weighted by molar-refractivity contribution is 0.110. The van der Waals surface area contributed by atoms with Gasteiger partial charge in [-0.15, -0.1) is 0 Å². The highest BCUT2D eigenvalue weighted by Crippen LogP contribution is 2.26. The number of hydrogen-bond acceptors (Lipinski definition) is 2. The number of methoxy groups -OCH3 is 1. The molecule has 0 radical (unpaired) electrons. The Bertz CT molecular complexity index is 569. The van der Waals surface area contributed by atoms with E-state index in [1.165, 1.54) is 0 Å². The van der Waals surface area contributed by atoms with Gasteiger partial charge in [0.15, 0.2) is 4.77 Å². The molecule has 18 heavy (non-hydrogen) atoms. The highest BCUT2D eigenvalue weighted by molar-refractivity contribution is 7.71. The number of aromatic nitrogens is 2. The van der Waals surface area contributed by atoms with E-state index in [0.717, 1.165) is 16.0 Å². The monoisotopic (exact) mass is 262 g/mol. The first-order valence-electron chi connectivity index (χ1n) is 5.91. The van der Waals surface area contributed by atoms with E-state index >= 15 is 0 Å². The van der Waals surface area contributed by atoms with E-state index in [1.807, 2.05) is 24.4 Å². The molecule has 1 heterocycles. The van der Waals surface area contributed by atoms with Gasteiger partial charge in [-0.05, 0) is 31.6 Å². The van der Waals surface area contributed by atoms with Crippen molar-refractivity contribution in [3.8, 4) is 11.3 Å². The second-order valence-corrected chi connectivity index (χ2v) is 5.31. The Morgan fingerprint density at radius 3 is 2.56 bits per heavy atom. The minimum absolute atomic E-state index is 0.184. The van der Waals surface area contributed by atoms with Crippen LogP contribution >= 0.6 is 12.2 Å². The predicted octanol–water partition coefficient (Wildman–Crippen LogP) is 3.59. The van der Waals surface area contributed by atoms with Crippen molar-refractivity contribution >= 4 is 12.2 Å². The van der Waals surface area contributed by atoms with Crippen LogP contribution in [0.4, 0.5) is 0 Å². The second kappa shape index (κ2) is 5.08. The molecule has 0 aliphatic carbocycles. The first-order chi connectivity index (χ1) is 8.56. The van der Waals surface area contributed by atoms with E-state index in [2.05, 4.69) is 35.5 Å². The molecule has 0 aliphatic rings. The van der Waals surface area contributed by atoms with Crippen LogP contribution in [0.25, 0.3) is 11.3 Å². The summed E-state index contributed by atoms with van der Waals surface area (Å²) in [5.41, 5.74) is 2.05. The van der Waals surface area contributed by atoms with Gasteiger partial charge in [-0.1, -0.05) is 30.3 Å². The summed E-state index contributed by atoms with van der Waals surface area (Å²) in [4.78, 5) is 3.12. The summed E-state index contributed by atoms with van der Waals surface area (Å²) < 4.78 is 8.13. The van der Waals surface area contributed by atoms with Gasteiger partial charge >= 0.3 is 0 Å². The number of ether oxygens (including phenoxy) is 1. The third-order valence-electron chi connectivity index (χ3n) is 2.95. The second-order valence-electron chi connectivity index (χ2n) is 4.93. The Morgan fingerprint density at radius 2 is 1.94 bits per heavy atom. The number of hydrogen-bond donors (Lipinski definition) is 1. The Morgan fingerprint density at radius 1 is 1.28 bits per heavy atom. The zero-order valence-corrected chi connectivity index (χ0v) is 11.8. The van der Waals surface area contributed by atoms with Gasteiger partial charge in [-0.25, -0.2) is 0 Å². The maximum absolute atomic E-state index is 5.39. The molecule has 0 aliphatic heterocycles. The van der Waals surface area contributed by atoms with Crippen LogP contribution in [0, 0.1) is 4.77 Å². The van der Waals surface area contributed by atoms with Gasteiger partial charge in [0.25, 0.3) is 0 Å². The molecule has 0 amide bonds. The van der Waals surface area contributed by atoms with Gasteiger partial charge in [0.05, 0.1) is 17.8 Å². The van der Waals surface area contributed by atoms with Crippen molar-refractivity contribution < 1.29 is 4.74 Å². The van der Waals surface area contributed by atoms with Gasteiger partial charge in [0.1, 0.15) is 0 Å². The Labute approximate surface area is 112 Å². The van der Waals surface area contributed by atoms with E-state index in [-0.39, 0.29) is 5.54 Å². The van der Waals surface area contributed by atoms with Gasteiger partial charge in [0, 0.05) is 13.3 Å². The molecule has 0 saturated carbocycles. The highest BCUT2D eigenvalue weighted by Gasteiger charge is 2.24. The molecule has 0 atom stereocenters. The number of aromatic amines is 1. The molecule has 0 saturated heterocycles. The molecule has 2 rings (SSSR count). The molecule has 1 aromatic carbocycles. The van der Waals surface area contributed by atoms with Crippen LogP contribution in [0.15, 0.2) is 36.5 Å². The van der Waals surface area contributed by atoms with Crippen LogP contribution in [0.2, 0.25) is 0 Å². The fourth-order valence-corrected chi connectivity index (χ4v) is 2.61. The number of rotatable bonds is 4. The summed E-state index contributed by atoms with van der Waals surface area (Å²) in [6.07, 6.45) is 1.95. The van der Waals surface area contributed by atoms with Crippen LogP contribution in [0.1, 0.15) is 13.8 Å². The van der Waals surface area contributed by atoms with Crippen molar-refractivity contribution in [2.45, 2.75) is 19.4 Å². The molecule has 1 N–H and O–H groups in total. The lowest BCUT2D eigenvalue weighted by Gasteiger charge is -2.28. The largest absolute Gasteiger partial charge is 0.382 e. The molecule has 0 unspecified atom stereocenters. The Balaban J connectivity index is 2.56. The molecule has 0 bridgehead atoms. The Hall–Kier alpha value is -1.39. The SMILES string of the molecule is COCC(C)(C)n1c(-c2ccccc2)c[nH]c1=S. The van der Waals surface area contributed by atoms with Gasteiger partial charge < -0.3 is 14.3 Å². The number of H-pyrrole nitrogens is 1. The number of nitrogens with zero attached hydrogens (tertiary/aromatic N) is 1. The number of nitrogens with one attached hydrogen (secondary N) is 1. The van der Waals surface area contributed by atoms with Crippen molar-refractivity contribution in [1.82, 2.24) is 9.55 Å². The lowest BCUT2D eigenvalue weighted by atomic mass is 10.0. The number of imidazole rings is 1. The third-order valence-corrected chi connectivity index (χ3v) is 3.25. The fraction of sp³-hybridized carbons (Fsp3) is 0.357. The van der Waals surface area contributed by atoms with Crippen molar-refractivity contribution in [3.63, 3.8) is 0 Å². The Kier molecular flexibility index (Phi) is 3.68. The molecular formula is C14H18N2OS. The van der Waals surface area contributed by atoms with Crippen LogP contribution in [-0.2, 0) is 10.3 Å². The maximum atomic E-state index is 5.39. The van der Waals surface area contributed by atoms with E-state index in [9.17, 15) is 0 Å². The van der Waals surface area contributed by atoms with Crippen LogP contribution in [0.3, 0.4) is 0 Å². The van der Waals surface area contributed by atoms with Gasteiger partial charge in [-0.2, -0.15) is 0 Å². The summed E-state index contributed by atoms with van der Waals surface area (Å²) in [6, 6.07) is 10.2. The summed E-state index contributed by atoms with van der Waals surface area (Å²) >= 11 is 5.39. The third kappa shape index (κ3) is 2.40. The predicted molar refractivity (Wildman–Crippen MR) is 76.3 cm³/mol. The average Bonchev–Trinajstić information content (AvgIpc) is 2.73. The standard InChI is InChI=1S/C14H18N2OS/c1-14(2,10-17-3)16-12(9-15-13(16)18)11-7-5-4-6-8-11/h4-9H,10H2,1-3H3,(H,15,18). The number of benzene rings is 1. The fourth-order valence-electron chi connectivity index (χ4n) is 2.21. The summed E-state index contributed by atoms with van der Waals surface area (Å²) in [5, 5.41) is 0. The lowest BCUT2D eigenvalue weighted by Crippen LogP contribution is -2.32. The van der Waals surface area contributed by atoms with Crippen LogP contribution in [0.5, 0.6) is 0 Å². The minimum atomic E-state index is -0.184. The van der Waals surface area contributed by atoms with Crippen LogP contribution in [-0.4, -0.2) is 23.3 Å². The van der Waals surface area contributed by atoms with E-state index in [1.54, 1.807) is 7.11 Å². The van der Waals surface area contributed by atoms with Crippen molar-refractivity contribution in [2.75, 3.05) is 13.7 Å². The first-order valence-corrected chi connectivity index (χ1v) is 6.32. The molecule has 2 aromatic rings. The molecule has 4 heteroatoms. The maximum Gasteiger partial charge on any atom is 0.178 e. The van der Waals surface area contributed by atoms with Crippen molar-refractivity contribution in [3.05, 3.63) is 41.3 Å². The normalized spacial score (nSPS) is 11.7. The summed E-state index contributed by atoms with van der Waals surface area (Å²) in [5.74, 6) is 0. The average molecular weight is 262 g/mol. The topological polar surface area (TPSA) is 29.9 Å².